The van der Waals surface area contributed by atoms with E-state index in [2.05, 4.69) is 13.8 Å². The Morgan fingerprint density at radius 2 is 1.74 bits per heavy atom. The average molecular weight is 284 g/mol. The first-order chi connectivity index (χ1) is 8.66. The minimum Gasteiger partial charge on any atom is -0.489 e. The van der Waals surface area contributed by atoms with Crippen LogP contribution >= 0.6 is 11.6 Å². The fourth-order valence-corrected chi connectivity index (χ4v) is 2.24. The predicted molar refractivity (Wildman–Crippen MR) is 78.2 cm³/mol. The van der Waals surface area contributed by atoms with E-state index in [0.29, 0.717) is 30.4 Å². The molecule has 0 atom stereocenters. The maximum Gasteiger partial charge on any atom is 0.162 e. The van der Waals surface area contributed by atoms with E-state index in [0.717, 1.165) is 11.3 Å². The molecule has 0 spiro atoms. The first-order valence-electron chi connectivity index (χ1n) is 6.53. The maximum atomic E-state index is 6.30. The minimum atomic E-state index is -0.303. The van der Waals surface area contributed by atoms with Gasteiger partial charge >= 0.3 is 0 Å². The lowest BCUT2D eigenvalue weighted by Crippen LogP contribution is -2.34. The molecule has 0 saturated carbocycles. The van der Waals surface area contributed by atoms with Crippen LogP contribution in [0.4, 0.5) is 0 Å². The molecule has 106 valence electrons. The molecule has 0 radical (unpaired) electrons. The van der Waals surface area contributed by atoms with Crippen molar-refractivity contribution in [3.8, 4) is 11.5 Å². The molecule has 1 aromatic carbocycles. The normalized spacial score (nSPS) is 18.0. The van der Waals surface area contributed by atoms with Gasteiger partial charge in [-0.1, -0.05) is 25.4 Å². The van der Waals surface area contributed by atoms with Gasteiger partial charge in [-0.25, -0.2) is 0 Å². The summed E-state index contributed by atoms with van der Waals surface area (Å²) >= 11 is 6.30. The molecule has 0 bridgehead atoms. The van der Waals surface area contributed by atoms with Gasteiger partial charge in [0.1, 0.15) is 0 Å². The summed E-state index contributed by atoms with van der Waals surface area (Å²) in [6, 6.07) is 3.78. The third-order valence-electron chi connectivity index (χ3n) is 3.00. The number of fused-ring (bicyclic) bond motifs is 1. The molecule has 2 rings (SSSR count). The van der Waals surface area contributed by atoms with Crippen LogP contribution in [0.5, 0.6) is 11.5 Å². The van der Waals surface area contributed by atoms with E-state index >= 15 is 0 Å². The summed E-state index contributed by atoms with van der Waals surface area (Å²) in [4.78, 5) is 0. The molecule has 1 heterocycles. The lowest BCUT2D eigenvalue weighted by molar-refractivity contribution is 0.140. The zero-order valence-electron chi connectivity index (χ0n) is 12.0. The van der Waals surface area contributed by atoms with Crippen molar-refractivity contribution in [3.05, 3.63) is 22.7 Å². The third kappa shape index (κ3) is 3.77. The van der Waals surface area contributed by atoms with Gasteiger partial charge in [-0.15, -0.1) is 0 Å². The van der Waals surface area contributed by atoms with E-state index in [9.17, 15) is 0 Å². The Balaban J connectivity index is 2.31. The summed E-state index contributed by atoms with van der Waals surface area (Å²) in [5.74, 6) is 1.48. The molecule has 0 unspecified atom stereocenters. The molecule has 0 aliphatic carbocycles. The van der Waals surface area contributed by atoms with E-state index in [1.54, 1.807) is 0 Å². The Morgan fingerprint density at radius 3 is 2.26 bits per heavy atom. The van der Waals surface area contributed by atoms with Crippen molar-refractivity contribution in [2.45, 2.75) is 39.7 Å². The Bertz CT molecular complexity index is 478. The van der Waals surface area contributed by atoms with Gasteiger partial charge in [-0.2, -0.15) is 0 Å². The van der Waals surface area contributed by atoms with Crippen LogP contribution in [0.1, 0.15) is 33.3 Å². The van der Waals surface area contributed by atoms with Crippen molar-refractivity contribution in [2.75, 3.05) is 13.2 Å². The van der Waals surface area contributed by atoms with Crippen LogP contribution < -0.4 is 15.2 Å². The maximum absolute atomic E-state index is 6.30. The molecular weight excluding hydrogens is 262 g/mol. The van der Waals surface area contributed by atoms with Crippen LogP contribution in [0.25, 0.3) is 0 Å². The highest BCUT2D eigenvalue weighted by atomic mass is 35.5. The van der Waals surface area contributed by atoms with Crippen molar-refractivity contribution in [1.82, 2.24) is 0 Å². The first-order valence-corrected chi connectivity index (χ1v) is 6.91. The van der Waals surface area contributed by atoms with Crippen LogP contribution in [0.3, 0.4) is 0 Å². The van der Waals surface area contributed by atoms with Crippen LogP contribution in [-0.2, 0) is 6.42 Å². The molecule has 1 aromatic rings. The fourth-order valence-electron chi connectivity index (χ4n) is 2.02. The van der Waals surface area contributed by atoms with E-state index in [1.807, 2.05) is 26.0 Å². The SMILES string of the molecule is CC(C)(N)Cc1cc2c(cc1Cl)OCC(C)(C)CO2. The summed E-state index contributed by atoms with van der Waals surface area (Å²) in [5, 5.41) is 0.681. The largest absolute Gasteiger partial charge is 0.489 e. The van der Waals surface area contributed by atoms with Gasteiger partial charge in [0.15, 0.2) is 11.5 Å². The van der Waals surface area contributed by atoms with Crippen molar-refractivity contribution in [1.29, 1.82) is 0 Å². The van der Waals surface area contributed by atoms with Gasteiger partial charge in [-0.3, -0.25) is 0 Å². The number of ether oxygens (including phenoxy) is 2. The van der Waals surface area contributed by atoms with Gasteiger partial charge in [0.25, 0.3) is 0 Å². The highest BCUT2D eigenvalue weighted by Gasteiger charge is 2.26. The van der Waals surface area contributed by atoms with Crippen LogP contribution in [-0.4, -0.2) is 18.8 Å². The average Bonchev–Trinajstić information content (AvgIpc) is 2.38. The summed E-state index contributed by atoms with van der Waals surface area (Å²) < 4.78 is 11.6. The predicted octanol–water partition coefficient (Wildman–Crippen LogP) is 3.42. The second-order valence-corrected chi connectivity index (χ2v) is 7.20. The Morgan fingerprint density at radius 1 is 1.21 bits per heavy atom. The fraction of sp³-hybridized carbons (Fsp3) is 0.600. The highest BCUT2D eigenvalue weighted by Crippen LogP contribution is 2.38. The van der Waals surface area contributed by atoms with Crippen LogP contribution in [0.15, 0.2) is 12.1 Å². The molecule has 2 N–H and O–H groups in total. The van der Waals surface area contributed by atoms with Crippen molar-refractivity contribution in [3.63, 3.8) is 0 Å². The molecule has 0 fully saturated rings. The Hall–Kier alpha value is -0.930. The zero-order chi connectivity index (χ0) is 14.3. The molecule has 3 nitrogen and oxygen atoms in total. The molecule has 19 heavy (non-hydrogen) atoms. The van der Waals surface area contributed by atoms with Crippen molar-refractivity contribution >= 4 is 11.6 Å². The van der Waals surface area contributed by atoms with Crippen LogP contribution in [0.2, 0.25) is 5.02 Å². The smallest absolute Gasteiger partial charge is 0.162 e. The summed E-state index contributed by atoms with van der Waals surface area (Å²) in [6.07, 6.45) is 0.700. The number of rotatable bonds is 2. The number of halogens is 1. The molecule has 0 aromatic heterocycles. The van der Waals surface area contributed by atoms with E-state index in [-0.39, 0.29) is 11.0 Å². The van der Waals surface area contributed by atoms with Gasteiger partial charge in [0.05, 0.1) is 13.2 Å². The number of benzene rings is 1. The van der Waals surface area contributed by atoms with Gasteiger partial charge in [0.2, 0.25) is 0 Å². The standard InChI is InChI=1S/C15H22ClNO2/c1-14(2)8-18-12-5-10(7-15(3,4)17)11(16)6-13(12)19-9-14/h5-6H,7-9,17H2,1-4H3. The van der Waals surface area contributed by atoms with Gasteiger partial charge in [-0.05, 0) is 31.9 Å². The molecular formula is C15H22ClNO2. The van der Waals surface area contributed by atoms with Gasteiger partial charge < -0.3 is 15.2 Å². The summed E-state index contributed by atoms with van der Waals surface area (Å²) in [5.41, 5.74) is 6.75. The molecule has 4 heteroatoms. The second kappa shape index (κ2) is 4.88. The third-order valence-corrected chi connectivity index (χ3v) is 3.35. The van der Waals surface area contributed by atoms with E-state index in [4.69, 9.17) is 26.8 Å². The molecule has 1 aliphatic heterocycles. The number of hydrogen-bond acceptors (Lipinski definition) is 3. The molecule has 0 amide bonds. The first kappa shape index (κ1) is 14.5. The number of nitrogens with two attached hydrogens (primary N) is 1. The second-order valence-electron chi connectivity index (χ2n) is 6.80. The minimum absolute atomic E-state index is 0.00119. The van der Waals surface area contributed by atoms with Crippen LogP contribution in [0, 0.1) is 5.41 Å². The van der Waals surface area contributed by atoms with Gasteiger partial charge in [0, 0.05) is 22.0 Å². The van der Waals surface area contributed by atoms with Crippen molar-refractivity contribution < 1.29 is 9.47 Å². The quantitative estimate of drug-likeness (QED) is 0.904. The van der Waals surface area contributed by atoms with E-state index in [1.165, 1.54) is 0 Å². The summed E-state index contributed by atoms with van der Waals surface area (Å²) in [6.45, 7) is 9.45. The molecule has 1 aliphatic rings. The van der Waals surface area contributed by atoms with Crippen molar-refractivity contribution in [2.24, 2.45) is 11.1 Å². The zero-order valence-corrected chi connectivity index (χ0v) is 12.8. The Kier molecular flexibility index (Phi) is 3.72. The monoisotopic (exact) mass is 283 g/mol. The lowest BCUT2D eigenvalue weighted by atomic mass is 9.96. The Labute approximate surface area is 120 Å². The molecule has 0 saturated heterocycles. The van der Waals surface area contributed by atoms with E-state index < -0.39 is 0 Å². The highest BCUT2D eigenvalue weighted by molar-refractivity contribution is 6.31. The lowest BCUT2D eigenvalue weighted by Gasteiger charge is -2.20. The summed E-state index contributed by atoms with van der Waals surface area (Å²) in [7, 11) is 0. The number of hydrogen-bond donors (Lipinski definition) is 1. The topological polar surface area (TPSA) is 44.5 Å².